The third kappa shape index (κ3) is 8.70. The van der Waals surface area contributed by atoms with E-state index in [1.54, 1.807) is 4.88 Å². The summed E-state index contributed by atoms with van der Waals surface area (Å²) in [6.45, 7) is 26.3. The summed E-state index contributed by atoms with van der Waals surface area (Å²) in [5, 5.41) is 0. The molecule has 0 saturated heterocycles. The van der Waals surface area contributed by atoms with Gasteiger partial charge in [0.2, 0.25) is 0 Å². The second-order valence-electron chi connectivity index (χ2n) is 15.2. The van der Waals surface area contributed by atoms with E-state index in [1.165, 1.54) is 48.0 Å². The SMILES string of the molecule is CC(C)(C)[NH-].Cc1cc2c(s1)C([Si](C)(C)Cl)c1ccccc1-2.Cc1cc2c(s1)C([Si](C)(C)NC(C)(C)C)c1ccccc1-2.[Li+]. The van der Waals surface area contributed by atoms with Gasteiger partial charge in [-0.2, -0.15) is 11.1 Å². The Hall–Kier alpha value is -0.919. The minimum atomic E-state index is -1.73. The van der Waals surface area contributed by atoms with E-state index in [0.717, 1.165) is 0 Å². The molecule has 2 aromatic heterocycles. The van der Waals surface area contributed by atoms with Crippen LogP contribution in [0.1, 0.15) is 83.3 Å². The van der Waals surface area contributed by atoms with Crippen molar-refractivity contribution < 1.29 is 18.9 Å². The van der Waals surface area contributed by atoms with Gasteiger partial charge in [0.15, 0.2) is 7.38 Å². The first-order valence-corrected chi connectivity index (χ1v) is 24.1. The van der Waals surface area contributed by atoms with Gasteiger partial charge in [-0.3, -0.25) is 0 Å². The van der Waals surface area contributed by atoms with Gasteiger partial charge in [0.1, 0.15) is 8.24 Å². The molecule has 2 aliphatic rings. The van der Waals surface area contributed by atoms with Crippen LogP contribution >= 0.6 is 33.8 Å². The first-order chi connectivity index (χ1) is 19.7. The fourth-order valence-electron chi connectivity index (χ4n) is 6.62. The van der Waals surface area contributed by atoms with Crippen LogP contribution in [0, 0.1) is 13.8 Å². The molecule has 0 saturated carbocycles. The summed E-state index contributed by atoms with van der Waals surface area (Å²) in [6, 6.07) is 22.4. The molecule has 2 atom stereocenters. The summed E-state index contributed by atoms with van der Waals surface area (Å²) in [6.07, 6.45) is 0. The molecule has 0 amide bonds. The van der Waals surface area contributed by atoms with Crippen LogP contribution in [0.5, 0.6) is 0 Å². The van der Waals surface area contributed by atoms with E-state index in [0.29, 0.717) is 11.1 Å². The minimum Gasteiger partial charge on any atom is -0.673 e. The summed E-state index contributed by atoms with van der Waals surface area (Å²) < 4.78 is 0. The number of thiophene rings is 2. The molecule has 2 unspecified atom stereocenters. The molecule has 0 radical (unpaired) electrons. The van der Waals surface area contributed by atoms with E-state index >= 15 is 0 Å². The molecule has 232 valence electrons. The van der Waals surface area contributed by atoms with Crippen molar-refractivity contribution in [2.45, 2.75) is 104 Å². The van der Waals surface area contributed by atoms with Gasteiger partial charge >= 0.3 is 18.9 Å². The molecule has 2 aliphatic carbocycles. The third-order valence-corrected chi connectivity index (χ3v) is 16.2. The Morgan fingerprint density at radius 1 is 0.682 bits per heavy atom. The third-order valence-electron chi connectivity index (χ3n) is 7.52. The number of hydrogen-bond acceptors (Lipinski definition) is 3. The fourth-order valence-corrected chi connectivity index (χ4v) is 17.4. The molecule has 2 heterocycles. The maximum absolute atomic E-state index is 6.94. The summed E-state index contributed by atoms with van der Waals surface area (Å²) in [7, 11) is -3.37. The number of nitrogens with one attached hydrogen (secondary N) is 2. The molecule has 0 aliphatic heterocycles. The Balaban J connectivity index is 0.000000208. The number of halogens is 1. The van der Waals surface area contributed by atoms with E-state index in [1.807, 2.05) is 43.4 Å². The molecule has 4 aromatic rings. The molecule has 44 heavy (non-hydrogen) atoms. The van der Waals surface area contributed by atoms with Crippen LogP contribution in [-0.4, -0.2) is 26.7 Å². The average molecular weight is 674 g/mol. The van der Waals surface area contributed by atoms with Crippen molar-refractivity contribution in [1.82, 2.24) is 4.98 Å². The van der Waals surface area contributed by atoms with E-state index in [9.17, 15) is 0 Å². The van der Waals surface area contributed by atoms with Crippen LogP contribution in [0.4, 0.5) is 0 Å². The van der Waals surface area contributed by atoms with Gasteiger partial charge in [-0.25, -0.2) is 0 Å². The van der Waals surface area contributed by atoms with Crippen molar-refractivity contribution in [3.05, 3.63) is 97.0 Å². The molecular formula is C36H50ClLiN2S2Si2. The van der Waals surface area contributed by atoms with Gasteiger partial charge in [-0.15, -0.1) is 28.2 Å². The summed E-state index contributed by atoms with van der Waals surface area (Å²) in [5.41, 5.74) is 16.6. The van der Waals surface area contributed by atoms with Crippen molar-refractivity contribution >= 4 is 49.4 Å². The molecule has 0 spiro atoms. The normalized spacial score (nSPS) is 16.8. The Morgan fingerprint density at radius 3 is 1.43 bits per heavy atom. The Bertz CT molecular complexity index is 1580. The first kappa shape index (κ1) is 37.5. The topological polar surface area (TPSA) is 35.8 Å². The standard InChI is InChI=1S/C18H25NSSi.C14H15ClSSi.C4H10N.Li/c1-12-11-15-13-9-7-8-10-14(13)17(16(15)20-12)21(5,6)19-18(2,3)4;1-9-8-12-10-6-4-5-7-11(10)14(13(12)16-9)17(2,3)15;1-4(2,3)5;/h7-11,17,19H,1-6H3;4-8,14H,1-3H3;5H,1-3H3;/q;;-1;+1. The molecular weight excluding hydrogens is 623 g/mol. The second kappa shape index (κ2) is 13.7. The first-order valence-electron chi connectivity index (χ1n) is 15.3. The zero-order chi connectivity index (χ0) is 32.1. The van der Waals surface area contributed by atoms with Crippen LogP contribution in [0.15, 0.2) is 60.7 Å². The number of rotatable bonds is 3. The molecule has 0 bridgehead atoms. The molecule has 2 N–H and O–H groups in total. The maximum Gasteiger partial charge on any atom is 1.00 e. The van der Waals surface area contributed by atoms with Crippen molar-refractivity contribution in [3.8, 4) is 22.3 Å². The van der Waals surface area contributed by atoms with Crippen LogP contribution < -0.4 is 23.8 Å². The van der Waals surface area contributed by atoms with Gasteiger partial charge in [0.05, 0.1) is 0 Å². The molecule has 8 heteroatoms. The van der Waals surface area contributed by atoms with E-state index in [4.69, 9.17) is 16.8 Å². The Kier molecular flexibility index (Phi) is 11.7. The van der Waals surface area contributed by atoms with Crippen LogP contribution in [-0.2, 0) is 0 Å². The number of fused-ring (bicyclic) bond motifs is 6. The molecule has 2 aromatic carbocycles. The Morgan fingerprint density at radius 2 is 1.05 bits per heavy atom. The molecule has 6 rings (SSSR count). The zero-order valence-corrected chi connectivity index (χ0v) is 33.5. The maximum atomic E-state index is 6.94. The van der Waals surface area contributed by atoms with Gasteiger partial charge in [-0.05, 0) is 80.1 Å². The minimum absolute atomic E-state index is 0. The quantitative estimate of drug-likeness (QED) is 0.171. The van der Waals surface area contributed by atoms with Crippen molar-refractivity contribution in [2.24, 2.45) is 0 Å². The monoisotopic (exact) mass is 672 g/mol. The van der Waals surface area contributed by atoms with Crippen LogP contribution in [0.3, 0.4) is 0 Å². The number of aryl methyl sites for hydroxylation is 2. The second-order valence-corrected chi connectivity index (χ2v) is 28.7. The zero-order valence-electron chi connectivity index (χ0n) is 29.1. The van der Waals surface area contributed by atoms with Crippen LogP contribution in [0.2, 0.25) is 26.2 Å². The van der Waals surface area contributed by atoms with Gasteiger partial charge in [-0.1, -0.05) is 95.5 Å². The number of hydrogen-bond donors (Lipinski definition) is 1. The summed E-state index contributed by atoms with van der Waals surface area (Å²) >= 11 is 10.7. The van der Waals surface area contributed by atoms with Crippen molar-refractivity contribution in [1.29, 1.82) is 0 Å². The molecule has 2 nitrogen and oxygen atoms in total. The summed E-state index contributed by atoms with van der Waals surface area (Å²) in [4.78, 5) is 9.88. The summed E-state index contributed by atoms with van der Waals surface area (Å²) in [5.74, 6) is 0. The van der Waals surface area contributed by atoms with Crippen molar-refractivity contribution in [3.63, 3.8) is 0 Å². The van der Waals surface area contributed by atoms with Gasteiger partial charge < -0.3 is 10.7 Å². The van der Waals surface area contributed by atoms with Gasteiger partial charge in [0.25, 0.3) is 0 Å². The smallest absolute Gasteiger partial charge is 0.673 e. The van der Waals surface area contributed by atoms with Gasteiger partial charge in [0, 0.05) is 36.1 Å². The predicted molar refractivity (Wildman–Crippen MR) is 200 cm³/mol. The Labute approximate surface area is 294 Å². The van der Waals surface area contributed by atoms with E-state index in [-0.39, 0.29) is 29.9 Å². The predicted octanol–water partition coefficient (Wildman–Crippen LogP) is 9.29. The largest absolute Gasteiger partial charge is 1.00 e. The molecule has 0 fully saturated rings. The van der Waals surface area contributed by atoms with Crippen LogP contribution in [0.25, 0.3) is 28.0 Å². The number of benzene rings is 2. The van der Waals surface area contributed by atoms with E-state index in [2.05, 4.69) is 126 Å². The average Bonchev–Trinajstić information content (AvgIpc) is 3.53. The van der Waals surface area contributed by atoms with E-state index < -0.39 is 15.6 Å². The fraction of sp³-hybridized carbons (Fsp3) is 0.444. The van der Waals surface area contributed by atoms with Crippen molar-refractivity contribution in [2.75, 3.05) is 0 Å².